The summed E-state index contributed by atoms with van der Waals surface area (Å²) in [5.74, 6) is -1.53. The molecule has 0 aliphatic rings. The summed E-state index contributed by atoms with van der Waals surface area (Å²) in [5.41, 5.74) is 0.791. The number of hydrogen-bond donors (Lipinski definition) is 3. The minimum absolute atomic E-state index is 0.00273. The summed E-state index contributed by atoms with van der Waals surface area (Å²) in [6.07, 6.45) is 0. The Bertz CT molecular complexity index is 472. The Hall–Kier alpha value is -2.48. The fourth-order valence-corrected chi connectivity index (χ4v) is 1.29. The number of amides is 1. The van der Waals surface area contributed by atoms with Gasteiger partial charge in [0.25, 0.3) is 5.69 Å². The van der Waals surface area contributed by atoms with Gasteiger partial charge in [0.05, 0.1) is 11.5 Å². The van der Waals surface area contributed by atoms with Gasteiger partial charge in [-0.15, -0.1) is 0 Å². The van der Waals surface area contributed by atoms with Gasteiger partial charge in [0.15, 0.2) is 0 Å². The lowest BCUT2D eigenvalue weighted by molar-refractivity contribution is -0.384. The molecule has 8 heteroatoms. The Labute approximate surface area is 108 Å². The molecule has 102 valence electrons. The molecule has 8 nitrogen and oxygen atoms in total. The predicted octanol–water partition coefficient (Wildman–Crippen LogP) is -0.115. The number of carbonyl (C=O) groups is 2. The molecule has 1 rings (SSSR count). The van der Waals surface area contributed by atoms with E-state index in [1.54, 1.807) is 12.1 Å². The van der Waals surface area contributed by atoms with Crippen molar-refractivity contribution in [3.63, 3.8) is 0 Å². The van der Waals surface area contributed by atoms with Crippen molar-refractivity contribution < 1.29 is 19.6 Å². The van der Waals surface area contributed by atoms with Crippen molar-refractivity contribution in [2.45, 2.75) is 6.54 Å². The van der Waals surface area contributed by atoms with Gasteiger partial charge >= 0.3 is 5.97 Å². The molecular formula is C11H13N3O5. The summed E-state index contributed by atoms with van der Waals surface area (Å²) in [6, 6.07) is 5.92. The lowest BCUT2D eigenvalue weighted by atomic mass is 10.2. The number of nitrogens with zero attached hydrogens (tertiary/aromatic N) is 1. The van der Waals surface area contributed by atoms with E-state index in [2.05, 4.69) is 10.6 Å². The summed E-state index contributed by atoms with van der Waals surface area (Å²) in [7, 11) is 0. The number of carbonyl (C=O) groups excluding carboxylic acids is 1. The SMILES string of the molecule is O=C(O)CNC(=O)CNCc1ccc([N+](=O)[O-])cc1. The molecule has 3 N–H and O–H groups in total. The van der Waals surface area contributed by atoms with Gasteiger partial charge < -0.3 is 15.7 Å². The number of benzene rings is 1. The molecule has 0 atom stereocenters. The first-order valence-corrected chi connectivity index (χ1v) is 5.41. The highest BCUT2D eigenvalue weighted by molar-refractivity contribution is 5.82. The molecule has 0 saturated carbocycles. The maximum Gasteiger partial charge on any atom is 0.322 e. The number of nitro groups is 1. The third kappa shape index (κ3) is 5.59. The number of hydrogen-bond acceptors (Lipinski definition) is 5. The molecule has 0 fully saturated rings. The van der Waals surface area contributed by atoms with Crippen molar-refractivity contribution in [1.29, 1.82) is 0 Å². The number of aliphatic carboxylic acids is 1. The van der Waals surface area contributed by atoms with Crippen molar-refractivity contribution in [3.8, 4) is 0 Å². The van der Waals surface area contributed by atoms with E-state index in [0.29, 0.717) is 6.54 Å². The maximum atomic E-state index is 11.2. The van der Waals surface area contributed by atoms with Crippen LogP contribution < -0.4 is 10.6 Å². The van der Waals surface area contributed by atoms with Gasteiger partial charge in [-0.25, -0.2) is 0 Å². The molecule has 1 aromatic carbocycles. The van der Waals surface area contributed by atoms with E-state index in [-0.39, 0.29) is 12.2 Å². The number of rotatable bonds is 7. The van der Waals surface area contributed by atoms with Gasteiger partial charge in [0.2, 0.25) is 5.91 Å². The Morgan fingerprint density at radius 1 is 1.21 bits per heavy atom. The molecule has 0 aliphatic heterocycles. The van der Waals surface area contributed by atoms with Crippen molar-refractivity contribution >= 4 is 17.6 Å². The van der Waals surface area contributed by atoms with Gasteiger partial charge in [0.1, 0.15) is 6.54 Å². The normalized spacial score (nSPS) is 9.89. The molecule has 1 aromatic rings. The van der Waals surface area contributed by atoms with Crippen molar-refractivity contribution in [1.82, 2.24) is 10.6 Å². The van der Waals surface area contributed by atoms with E-state index < -0.39 is 23.3 Å². The Morgan fingerprint density at radius 2 is 1.84 bits per heavy atom. The molecule has 0 spiro atoms. The summed E-state index contributed by atoms with van der Waals surface area (Å²) in [6.45, 7) is -0.0825. The van der Waals surface area contributed by atoms with Crippen LogP contribution in [0.2, 0.25) is 0 Å². The third-order valence-corrected chi connectivity index (χ3v) is 2.20. The Kier molecular flexibility index (Phi) is 5.42. The predicted molar refractivity (Wildman–Crippen MR) is 65.4 cm³/mol. The quantitative estimate of drug-likeness (QED) is 0.468. The molecule has 0 saturated heterocycles. The monoisotopic (exact) mass is 267 g/mol. The van der Waals surface area contributed by atoms with Crippen LogP contribution in [-0.2, 0) is 16.1 Å². The Morgan fingerprint density at radius 3 is 2.37 bits per heavy atom. The first-order valence-electron chi connectivity index (χ1n) is 5.41. The van der Waals surface area contributed by atoms with Crippen LogP contribution in [0, 0.1) is 10.1 Å². The van der Waals surface area contributed by atoms with Crippen LogP contribution in [0.25, 0.3) is 0 Å². The Balaban J connectivity index is 2.31. The number of carboxylic acid groups (broad SMARTS) is 1. The summed E-state index contributed by atoms with van der Waals surface area (Å²) in [5, 5.41) is 23.8. The highest BCUT2D eigenvalue weighted by Gasteiger charge is 2.05. The zero-order chi connectivity index (χ0) is 14.3. The van der Waals surface area contributed by atoms with E-state index in [4.69, 9.17) is 5.11 Å². The minimum atomic E-state index is -1.11. The molecule has 0 heterocycles. The van der Waals surface area contributed by atoms with E-state index in [9.17, 15) is 19.7 Å². The van der Waals surface area contributed by atoms with Crippen LogP contribution in [0.15, 0.2) is 24.3 Å². The van der Waals surface area contributed by atoms with E-state index >= 15 is 0 Å². The molecule has 0 aliphatic carbocycles. The van der Waals surface area contributed by atoms with Crippen LogP contribution >= 0.6 is 0 Å². The lowest BCUT2D eigenvalue weighted by Crippen LogP contribution is -2.36. The van der Waals surface area contributed by atoms with E-state index in [1.165, 1.54) is 12.1 Å². The van der Waals surface area contributed by atoms with Crippen LogP contribution in [0.5, 0.6) is 0 Å². The largest absolute Gasteiger partial charge is 0.480 e. The number of non-ortho nitro benzene ring substituents is 1. The second kappa shape index (κ2) is 7.07. The first-order chi connectivity index (χ1) is 8.99. The third-order valence-electron chi connectivity index (χ3n) is 2.20. The van der Waals surface area contributed by atoms with Gasteiger partial charge in [-0.2, -0.15) is 0 Å². The van der Waals surface area contributed by atoms with Gasteiger partial charge in [-0.05, 0) is 5.56 Å². The lowest BCUT2D eigenvalue weighted by Gasteiger charge is -2.05. The molecule has 0 unspecified atom stereocenters. The molecule has 0 bridgehead atoms. The zero-order valence-electron chi connectivity index (χ0n) is 9.96. The fraction of sp³-hybridized carbons (Fsp3) is 0.273. The average Bonchev–Trinajstić information content (AvgIpc) is 2.37. The smallest absolute Gasteiger partial charge is 0.322 e. The van der Waals surface area contributed by atoms with Gasteiger partial charge in [-0.3, -0.25) is 19.7 Å². The second-order valence-corrected chi connectivity index (χ2v) is 3.70. The number of nitro benzene ring substituents is 1. The van der Waals surface area contributed by atoms with Gasteiger partial charge in [0, 0.05) is 18.7 Å². The molecule has 0 radical (unpaired) electrons. The maximum absolute atomic E-state index is 11.2. The average molecular weight is 267 g/mol. The van der Waals surface area contributed by atoms with E-state index in [0.717, 1.165) is 5.56 Å². The fourth-order valence-electron chi connectivity index (χ4n) is 1.29. The highest BCUT2D eigenvalue weighted by atomic mass is 16.6. The zero-order valence-corrected chi connectivity index (χ0v) is 9.96. The first kappa shape index (κ1) is 14.6. The van der Waals surface area contributed by atoms with Crippen molar-refractivity contribution in [2.24, 2.45) is 0 Å². The number of nitrogens with one attached hydrogen (secondary N) is 2. The molecular weight excluding hydrogens is 254 g/mol. The minimum Gasteiger partial charge on any atom is -0.480 e. The van der Waals surface area contributed by atoms with Crippen molar-refractivity contribution in [3.05, 3.63) is 39.9 Å². The van der Waals surface area contributed by atoms with Crippen LogP contribution in [-0.4, -0.2) is 35.0 Å². The summed E-state index contributed by atoms with van der Waals surface area (Å²) in [4.78, 5) is 31.3. The highest BCUT2D eigenvalue weighted by Crippen LogP contribution is 2.11. The topological polar surface area (TPSA) is 122 Å². The number of carboxylic acids is 1. The molecule has 19 heavy (non-hydrogen) atoms. The van der Waals surface area contributed by atoms with E-state index in [1.807, 2.05) is 0 Å². The van der Waals surface area contributed by atoms with Crippen LogP contribution in [0.1, 0.15) is 5.56 Å². The second-order valence-electron chi connectivity index (χ2n) is 3.70. The summed E-state index contributed by atoms with van der Waals surface area (Å²) >= 11 is 0. The van der Waals surface area contributed by atoms with Crippen LogP contribution in [0.3, 0.4) is 0 Å². The standard InChI is InChI=1S/C11H13N3O5/c15-10(13-7-11(16)17)6-12-5-8-1-3-9(4-2-8)14(18)19/h1-4,12H,5-7H2,(H,13,15)(H,16,17). The van der Waals surface area contributed by atoms with Crippen LogP contribution in [0.4, 0.5) is 5.69 Å². The molecule has 1 amide bonds. The molecule has 0 aromatic heterocycles. The van der Waals surface area contributed by atoms with Crippen molar-refractivity contribution in [2.75, 3.05) is 13.1 Å². The summed E-state index contributed by atoms with van der Waals surface area (Å²) < 4.78 is 0. The van der Waals surface area contributed by atoms with Gasteiger partial charge in [-0.1, -0.05) is 12.1 Å².